The van der Waals surface area contributed by atoms with Gasteiger partial charge >= 0.3 is 0 Å². The van der Waals surface area contributed by atoms with Crippen LogP contribution in [0.3, 0.4) is 0 Å². The number of nitrogens with zero attached hydrogens (tertiary/aromatic N) is 2. The molecule has 0 atom stereocenters. The summed E-state index contributed by atoms with van der Waals surface area (Å²) in [5.41, 5.74) is 2.29. The summed E-state index contributed by atoms with van der Waals surface area (Å²) in [5, 5.41) is 3.27. The highest BCUT2D eigenvalue weighted by Gasteiger charge is 2.00. The van der Waals surface area contributed by atoms with Crippen molar-refractivity contribution >= 4 is 0 Å². The van der Waals surface area contributed by atoms with Crippen LogP contribution in [0.4, 0.5) is 0 Å². The molecule has 1 aromatic carbocycles. The molecule has 0 saturated heterocycles. The molecule has 0 aliphatic heterocycles. The van der Waals surface area contributed by atoms with Crippen molar-refractivity contribution in [3.05, 3.63) is 59.7 Å². The van der Waals surface area contributed by atoms with Crippen molar-refractivity contribution in [1.82, 2.24) is 15.3 Å². The molecule has 17 heavy (non-hydrogen) atoms. The molecular formula is C14H17N3. The summed E-state index contributed by atoms with van der Waals surface area (Å²) >= 11 is 0. The Morgan fingerprint density at radius 3 is 2.71 bits per heavy atom. The molecule has 2 aromatic rings. The normalized spacial score (nSPS) is 10.4. The maximum Gasteiger partial charge on any atom is 0.132 e. The maximum absolute atomic E-state index is 4.53. The predicted molar refractivity (Wildman–Crippen MR) is 68.7 cm³/mol. The molecule has 0 amide bonds. The van der Waals surface area contributed by atoms with E-state index >= 15 is 0 Å². The van der Waals surface area contributed by atoms with E-state index in [1.807, 2.05) is 30.5 Å². The van der Waals surface area contributed by atoms with Crippen LogP contribution >= 0.6 is 0 Å². The Hall–Kier alpha value is -1.74. The van der Waals surface area contributed by atoms with E-state index in [1.54, 1.807) is 0 Å². The van der Waals surface area contributed by atoms with Crippen molar-refractivity contribution in [2.75, 3.05) is 6.54 Å². The summed E-state index contributed by atoms with van der Waals surface area (Å²) in [6, 6.07) is 12.2. The number of rotatable bonds is 5. The number of hydrogen-bond donors (Lipinski definition) is 1. The van der Waals surface area contributed by atoms with Crippen molar-refractivity contribution in [3.63, 3.8) is 0 Å². The minimum atomic E-state index is 0.792. The minimum Gasteiger partial charge on any atom is -0.311 e. The van der Waals surface area contributed by atoms with Gasteiger partial charge in [0.1, 0.15) is 5.82 Å². The van der Waals surface area contributed by atoms with Gasteiger partial charge in [-0.1, -0.05) is 37.3 Å². The number of hydrogen-bond acceptors (Lipinski definition) is 3. The van der Waals surface area contributed by atoms with Crippen molar-refractivity contribution in [3.8, 4) is 0 Å². The van der Waals surface area contributed by atoms with E-state index in [4.69, 9.17) is 0 Å². The van der Waals surface area contributed by atoms with Crippen LogP contribution in [-0.4, -0.2) is 16.5 Å². The largest absolute Gasteiger partial charge is 0.311 e. The van der Waals surface area contributed by atoms with Gasteiger partial charge < -0.3 is 5.32 Å². The SMILES string of the molecule is CCNCc1ccnc(Cc2ccccc2)n1. The van der Waals surface area contributed by atoms with E-state index in [0.29, 0.717) is 0 Å². The van der Waals surface area contributed by atoms with Crippen LogP contribution in [0, 0.1) is 0 Å². The molecule has 1 heterocycles. The van der Waals surface area contributed by atoms with E-state index in [0.717, 1.165) is 31.0 Å². The first-order valence-corrected chi connectivity index (χ1v) is 5.94. The van der Waals surface area contributed by atoms with E-state index < -0.39 is 0 Å². The molecule has 0 unspecified atom stereocenters. The van der Waals surface area contributed by atoms with Crippen LogP contribution in [0.5, 0.6) is 0 Å². The molecule has 0 radical (unpaired) electrons. The predicted octanol–water partition coefficient (Wildman–Crippen LogP) is 2.18. The summed E-state index contributed by atoms with van der Waals surface area (Å²) < 4.78 is 0. The van der Waals surface area contributed by atoms with Crippen LogP contribution in [-0.2, 0) is 13.0 Å². The van der Waals surface area contributed by atoms with E-state index in [2.05, 4.69) is 34.3 Å². The Morgan fingerprint density at radius 1 is 1.12 bits per heavy atom. The molecule has 0 spiro atoms. The molecule has 0 fully saturated rings. The lowest BCUT2D eigenvalue weighted by molar-refractivity contribution is 0.702. The van der Waals surface area contributed by atoms with Crippen molar-refractivity contribution < 1.29 is 0 Å². The first-order chi connectivity index (χ1) is 8.38. The molecule has 3 nitrogen and oxygen atoms in total. The highest BCUT2D eigenvalue weighted by molar-refractivity contribution is 5.19. The molecule has 88 valence electrons. The van der Waals surface area contributed by atoms with E-state index in [-0.39, 0.29) is 0 Å². The van der Waals surface area contributed by atoms with Crippen molar-refractivity contribution in [2.45, 2.75) is 19.9 Å². The highest BCUT2D eigenvalue weighted by Crippen LogP contribution is 2.05. The summed E-state index contributed by atoms with van der Waals surface area (Å²) in [5.74, 6) is 0.881. The number of benzene rings is 1. The Bertz CT molecular complexity index is 454. The lowest BCUT2D eigenvalue weighted by Gasteiger charge is -2.04. The van der Waals surface area contributed by atoms with Gasteiger partial charge in [-0.25, -0.2) is 9.97 Å². The fraction of sp³-hybridized carbons (Fsp3) is 0.286. The first kappa shape index (κ1) is 11.7. The molecule has 0 aliphatic rings. The molecule has 1 aromatic heterocycles. The molecular weight excluding hydrogens is 210 g/mol. The Kier molecular flexibility index (Phi) is 4.22. The Morgan fingerprint density at radius 2 is 1.94 bits per heavy atom. The van der Waals surface area contributed by atoms with Gasteiger partial charge in [0.2, 0.25) is 0 Å². The Balaban J connectivity index is 2.06. The molecule has 1 N–H and O–H groups in total. The van der Waals surface area contributed by atoms with Gasteiger partial charge in [0.05, 0.1) is 5.69 Å². The fourth-order valence-electron chi connectivity index (χ4n) is 1.66. The zero-order valence-electron chi connectivity index (χ0n) is 10.1. The van der Waals surface area contributed by atoms with Gasteiger partial charge in [0, 0.05) is 19.2 Å². The van der Waals surface area contributed by atoms with Crippen LogP contribution < -0.4 is 5.32 Å². The van der Waals surface area contributed by atoms with E-state index in [9.17, 15) is 0 Å². The quantitative estimate of drug-likeness (QED) is 0.850. The zero-order valence-corrected chi connectivity index (χ0v) is 10.1. The van der Waals surface area contributed by atoms with Crippen LogP contribution in [0.25, 0.3) is 0 Å². The first-order valence-electron chi connectivity index (χ1n) is 5.94. The molecule has 3 heteroatoms. The average Bonchev–Trinajstić information content (AvgIpc) is 2.38. The third-order valence-corrected chi connectivity index (χ3v) is 2.52. The average molecular weight is 227 g/mol. The monoisotopic (exact) mass is 227 g/mol. The lowest BCUT2D eigenvalue weighted by atomic mass is 10.1. The summed E-state index contributed by atoms with van der Waals surface area (Å²) in [4.78, 5) is 8.84. The topological polar surface area (TPSA) is 37.8 Å². The maximum atomic E-state index is 4.53. The molecule has 0 bridgehead atoms. The van der Waals surface area contributed by atoms with Crippen LogP contribution in [0.2, 0.25) is 0 Å². The van der Waals surface area contributed by atoms with Gasteiger partial charge in [-0.05, 0) is 18.2 Å². The van der Waals surface area contributed by atoms with Crippen molar-refractivity contribution in [1.29, 1.82) is 0 Å². The molecule has 0 saturated carbocycles. The van der Waals surface area contributed by atoms with Gasteiger partial charge in [-0.3, -0.25) is 0 Å². The lowest BCUT2D eigenvalue weighted by Crippen LogP contribution is -2.13. The third-order valence-electron chi connectivity index (χ3n) is 2.52. The smallest absolute Gasteiger partial charge is 0.132 e. The summed E-state index contributed by atoms with van der Waals surface area (Å²) in [6.45, 7) is 3.85. The van der Waals surface area contributed by atoms with Crippen LogP contribution in [0.1, 0.15) is 24.0 Å². The van der Waals surface area contributed by atoms with Crippen LogP contribution in [0.15, 0.2) is 42.6 Å². The summed E-state index contributed by atoms with van der Waals surface area (Å²) in [6.07, 6.45) is 2.62. The Labute approximate surface area is 102 Å². The third kappa shape index (κ3) is 3.64. The highest BCUT2D eigenvalue weighted by atomic mass is 14.9. The van der Waals surface area contributed by atoms with Gasteiger partial charge in [-0.2, -0.15) is 0 Å². The second kappa shape index (κ2) is 6.11. The molecule has 2 rings (SSSR count). The van der Waals surface area contributed by atoms with Gasteiger partial charge in [-0.15, -0.1) is 0 Å². The van der Waals surface area contributed by atoms with Crippen molar-refractivity contribution in [2.24, 2.45) is 0 Å². The van der Waals surface area contributed by atoms with E-state index in [1.165, 1.54) is 5.56 Å². The van der Waals surface area contributed by atoms with Gasteiger partial charge in [0.15, 0.2) is 0 Å². The zero-order chi connectivity index (χ0) is 11.9. The summed E-state index contributed by atoms with van der Waals surface area (Å²) in [7, 11) is 0. The number of nitrogens with one attached hydrogen (secondary N) is 1. The minimum absolute atomic E-state index is 0.792. The number of aromatic nitrogens is 2. The van der Waals surface area contributed by atoms with Gasteiger partial charge in [0.25, 0.3) is 0 Å². The molecule has 0 aliphatic carbocycles. The second-order valence-electron chi connectivity index (χ2n) is 3.91. The second-order valence-corrected chi connectivity index (χ2v) is 3.91. The fourth-order valence-corrected chi connectivity index (χ4v) is 1.66. The standard InChI is InChI=1S/C14H17N3/c1-2-15-11-13-8-9-16-14(17-13)10-12-6-4-3-5-7-12/h3-9,15H,2,10-11H2,1H3.